The zero-order valence-corrected chi connectivity index (χ0v) is 17.5. The number of fused-ring (bicyclic) bond motifs is 2. The fourth-order valence-electron chi connectivity index (χ4n) is 3.89. The summed E-state index contributed by atoms with van der Waals surface area (Å²) in [5.41, 5.74) is 2.43. The first-order valence-corrected chi connectivity index (χ1v) is 10.1. The molecule has 1 aliphatic heterocycles. The molecule has 8 heteroatoms. The number of piperazine rings is 1. The van der Waals surface area contributed by atoms with E-state index in [2.05, 4.69) is 16.8 Å². The molecule has 32 heavy (non-hydrogen) atoms. The van der Waals surface area contributed by atoms with Crippen LogP contribution in [0.15, 0.2) is 60.7 Å². The second-order valence-corrected chi connectivity index (χ2v) is 7.55. The molecule has 0 saturated carbocycles. The molecule has 0 atom stereocenters. The van der Waals surface area contributed by atoms with Crippen molar-refractivity contribution in [2.24, 2.45) is 0 Å². The number of carboxylic acids is 2. The van der Waals surface area contributed by atoms with Gasteiger partial charge in [-0.2, -0.15) is 0 Å². The molecule has 1 aliphatic carbocycles. The topological polar surface area (TPSA) is 81.1 Å². The largest absolute Gasteiger partial charge is 0.478 e. The number of rotatable bonds is 3. The van der Waals surface area contributed by atoms with Crippen LogP contribution in [-0.4, -0.2) is 65.2 Å². The molecule has 0 spiro atoms. The van der Waals surface area contributed by atoms with Crippen molar-refractivity contribution in [2.45, 2.75) is 6.04 Å². The van der Waals surface area contributed by atoms with Gasteiger partial charge in [-0.25, -0.2) is 18.4 Å². The SMILES string of the molecule is CN1CCN(C2c3ccccc3C(F)=C(F)c3ccccc32)CC1.O=C(O)C=CC(=O)O. The number of likely N-dealkylation sites (N-methyl/N-ethyl adjacent to an activating group) is 1. The molecular weight excluding hydrogens is 418 g/mol. The minimum Gasteiger partial charge on any atom is -0.478 e. The zero-order chi connectivity index (χ0) is 23.3. The molecule has 2 aromatic rings. The molecule has 2 aromatic carbocycles. The summed E-state index contributed by atoms with van der Waals surface area (Å²) < 4.78 is 29.6. The Morgan fingerprint density at radius 2 is 1.22 bits per heavy atom. The molecule has 4 rings (SSSR count). The Hall–Kier alpha value is -3.36. The number of halogens is 2. The van der Waals surface area contributed by atoms with E-state index in [-0.39, 0.29) is 6.04 Å². The van der Waals surface area contributed by atoms with Gasteiger partial charge in [0.1, 0.15) is 0 Å². The third-order valence-electron chi connectivity index (χ3n) is 5.45. The van der Waals surface area contributed by atoms with Crippen molar-refractivity contribution in [2.75, 3.05) is 33.2 Å². The number of carboxylic acid groups (broad SMARTS) is 2. The molecule has 0 aromatic heterocycles. The van der Waals surface area contributed by atoms with Crippen molar-refractivity contribution in [3.8, 4) is 0 Å². The minimum absolute atomic E-state index is 0.120. The molecule has 1 saturated heterocycles. The predicted octanol–water partition coefficient (Wildman–Crippen LogP) is 3.81. The number of nitrogens with zero attached hydrogens (tertiary/aromatic N) is 2. The van der Waals surface area contributed by atoms with Gasteiger partial charge < -0.3 is 15.1 Å². The lowest BCUT2D eigenvalue weighted by Crippen LogP contribution is -2.46. The summed E-state index contributed by atoms with van der Waals surface area (Å²) in [7, 11) is 2.10. The first-order valence-electron chi connectivity index (χ1n) is 10.1. The summed E-state index contributed by atoms with van der Waals surface area (Å²) in [6, 6.07) is 14.4. The maximum Gasteiger partial charge on any atom is 0.328 e. The van der Waals surface area contributed by atoms with E-state index in [0.29, 0.717) is 23.3 Å². The van der Waals surface area contributed by atoms with Gasteiger partial charge in [-0.3, -0.25) is 4.90 Å². The lowest BCUT2D eigenvalue weighted by Gasteiger charge is -2.39. The summed E-state index contributed by atoms with van der Waals surface area (Å²) in [6.45, 7) is 3.68. The minimum atomic E-state index is -1.26. The van der Waals surface area contributed by atoms with Crippen LogP contribution in [-0.2, 0) is 9.59 Å². The van der Waals surface area contributed by atoms with Crippen molar-refractivity contribution in [3.63, 3.8) is 0 Å². The van der Waals surface area contributed by atoms with Gasteiger partial charge in [0.15, 0.2) is 11.7 Å². The summed E-state index contributed by atoms with van der Waals surface area (Å²) in [6.07, 6.45) is 1.12. The molecule has 6 nitrogen and oxygen atoms in total. The Morgan fingerprint density at radius 3 is 1.62 bits per heavy atom. The first kappa shape index (κ1) is 23.3. The van der Waals surface area contributed by atoms with Gasteiger partial charge in [-0.05, 0) is 18.2 Å². The number of hydrogen-bond donors (Lipinski definition) is 2. The van der Waals surface area contributed by atoms with E-state index in [9.17, 15) is 18.4 Å². The number of aliphatic carboxylic acids is 2. The lowest BCUT2D eigenvalue weighted by atomic mass is 9.92. The van der Waals surface area contributed by atoms with Crippen LogP contribution in [0, 0.1) is 0 Å². The van der Waals surface area contributed by atoms with Crippen LogP contribution in [0.25, 0.3) is 11.7 Å². The summed E-state index contributed by atoms with van der Waals surface area (Å²) in [5, 5.41) is 15.6. The molecule has 2 N–H and O–H groups in total. The molecular formula is C24H24F2N2O4. The summed E-state index contributed by atoms with van der Waals surface area (Å²) >= 11 is 0. The van der Waals surface area contributed by atoms with Crippen LogP contribution >= 0.6 is 0 Å². The van der Waals surface area contributed by atoms with Gasteiger partial charge in [0.25, 0.3) is 0 Å². The van der Waals surface area contributed by atoms with Crippen molar-refractivity contribution >= 4 is 23.6 Å². The molecule has 0 unspecified atom stereocenters. The summed E-state index contributed by atoms with van der Waals surface area (Å²) in [4.78, 5) is 23.7. The van der Waals surface area contributed by atoms with E-state index >= 15 is 0 Å². The van der Waals surface area contributed by atoms with Crippen molar-refractivity contribution in [3.05, 3.63) is 82.9 Å². The van der Waals surface area contributed by atoms with Crippen LogP contribution in [0.2, 0.25) is 0 Å². The molecule has 168 valence electrons. The average molecular weight is 442 g/mol. The predicted molar refractivity (Wildman–Crippen MR) is 117 cm³/mol. The van der Waals surface area contributed by atoms with Gasteiger partial charge in [-0.15, -0.1) is 0 Å². The van der Waals surface area contributed by atoms with Gasteiger partial charge in [-0.1, -0.05) is 48.5 Å². The van der Waals surface area contributed by atoms with Crippen LogP contribution in [0.4, 0.5) is 8.78 Å². The highest BCUT2D eigenvalue weighted by Gasteiger charge is 2.33. The number of hydrogen-bond acceptors (Lipinski definition) is 4. The third kappa shape index (κ3) is 5.27. The Kier molecular flexibility index (Phi) is 7.50. The highest BCUT2D eigenvalue weighted by molar-refractivity contribution is 5.89. The summed E-state index contributed by atoms with van der Waals surface area (Å²) in [5.74, 6) is -4.02. The highest BCUT2D eigenvalue weighted by Crippen LogP contribution is 2.44. The van der Waals surface area contributed by atoms with Gasteiger partial charge in [0, 0.05) is 49.5 Å². The standard InChI is InChI=1S/C20H20F2N2.C4H4O4/c1-23-10-12-24(13-11-23)20-16-8-4-2-6-14(16)18(21)19(22)15-7-3-5-9-17(15)20;5-3(6)1-2-4(7)8/h2-9,20H,10-13H2,1H3;1-2H,(H,5,6)(H,7,8). The highest BCUT2D eigenvalue weighted by atomic mass is 19.2. The lowest BCUT2D eigenvalue weighted by molar-refractivity contribution is -0.134. The Balaban J connectivity index is 0.000000312. The molecule has 1 heterocycles. The van der Waals surface area contributed by atoms with Crippen molar-refractivity contribution < 1.29 is 28.6 Å². The normalized spacial score (nSPS) is 17.2. The fourth-order valence-corrected chi connectivity index (χ4v) is 3.89. The van der Waals surface area contributed by atoms with Crippen molar-refractivity contribution in [1.29, 1.82) is 0 Å². The molecule has 0 radical (unpaired) electrons. The van der Waals surface area contributed by atoms with Gasteiger partial charge in [0.2, 0.25) is 0 Å². The molecule has 0 amide bonds. The van der Waals surface area contributed by atoms with Crippen LogP contribution in [0.5, 0.6) is 0 Å². The van der Waals surface area contributed by atoms with Crippen LogP contribution < -0.4 is 0 Å². The van der Waals surface area contributed by atoms with E-state index in [1.54, 1.807) is 24.3 Å². The van der Waals surface area contributed by atoms with Crippen LogP contribution in [0.1, 0.15) is 28.3 Å². The zero-order valence-electron chi connectivity index (χ0n) is 17.5. The van der Waals surface area contributed by atoms with E-state index in [4.69, 9.17) is 10.2 Å². The second kappa shape index (κ2) is 10.3. The molecule has 0 bridgehead atoms. The molecule has 2 aliphatic rings. The Labute approximate surface area is 184 Å². The smallest absolute Gasteiger partial charge is 0.328 e. The van der Waals surface area contributed by atoms with E-state index in [1.807, 2.05) is 24.3 Å². The number of carbonyl (C=O) groups is 2. The van der Waals surface area contributed by atoms with E-state index in [0.717, 1.165) is 37.3 Å². The molecule has 1 fully saturated rings. The van der Waals surface area contributed by atoms with Gasteiger partial charge in [0.05, 0.1) is 6.04 Å². The Bertz CT molecular complexity index is 988. The maximum absolute atomic E-state index is 14.8. The maximum atomic E-state index is 14.8. The van der Waals surface area contributed by atoms with E-state index in [1.165, 1.54) is 0 Å². The van der Waals surface area contributed by atoms with E-state index < -0.39 is 23.6 Å². The monoisotopic (exact) mass is 442 g/mol. The van der Waals surface area contributed by atoms with Crippen molar-refractivity contribution in [1.82, 2.24) is 9.80 Å². The van der Waals surface area contributed by atoms with Gasteiger partial charge >= 0.3 is 11.9 Å². The first-order chi connectivity index (χ1) is 15.3. The fraction of sp³-hybridized carbons (Fsp3) is 0.250. The second-order valence-electron chi connectivity index (χ2n) is 7.55. The third-order valence-corrected chi connectivity index (χ3v) is 5.45. The number of benzene rings is 2. The Morgan fingerprint density at radius 1 is 0.812 bits per heavy atom. The quantitative estimate of drug-likeness (QED) is 0.704. The van der Waals surface area contributed by atoms with Crippen LogP contribution in [0.3, 0.4) is 0 Å². The average Bonchev–Trinajstić information content (AvgIpc) is 2.87.